The van der Waals surface area contributed by atoms with Crippen LogP contribution in [0.5, 0.6) is 0 Å². The zero-order valence-corrected chi connectivity index (χ0v) is 9.39. The molecule has 1 heterocycles. The van der Waals surface area contributed by atoms with Gasteiger partial charge in [-0.05, 0) is 19.0 Å². The fourth-order valence-electron chi connectivity index (χ4n) is 1.59. The Morgan fingerprint density at radius 1 is 1.41 bits per heavy atom. The van der Waals surface area contributed by atoms with E-state index in [0.29, 0.717) is 6.54 Å². The van der Waals surface area contributed by atoms with Crippen LogP contribution < -0.4 is 5.32 Å². The molecule has 0 aliphatic carbocycles. The first kappa shape index (κ1) is 13.9. The Labute approximate surface area is 97.1 Å². The van der Waals surface area contributed by atoms with E-state index in [1.165, 1.54) is 12.3 Å². The maximum atomic E-state index is 13.4. The third-order valence-electron chi connectivity index (χ3n) is 2.35. The van der Waals surface area contributed by atoms with Gasteiger partial charge in [-0.25, -0.2) is 4.39 Å². The van der Waals surface area contributed by atoms with Crippen molar-refractivity contribution in [3.05, 3.63) is 29.8 Å². The maximum absolute atomic E-state index is 13.4. The molecule has 0 bridgehead atoms. The Morgan fingerprint density at radius 2 is 2.12 bits per heavy atom. The van der Waals surface area contributed by atoms with E-state index in [1.807, 2.05) is 0 Å². The molecule has 17 heavy (non-hydrogen) atoms. The van der Waals surface area contributed by atoms with Gasteiger partial charge >= 0.3 is 6.18 Å². The molecule has 0 radical (unpaired) electrons. The van der Waals surface area contributed by atoms with Gasteiger partial charge in [0.05, 0.1) is 6.20 Å². The molecule has 96 valence electrons. The van der Waals surface area contributed by atoms with Gasteiger partial charge in [0.15, 0.2) is 0 Å². The Balaban J connectivity index is 2.75. The predicted octanol–water partition coefficient (Wildman–Crippen LogP) is 3.21. The van der Waals surface area contributed by atoms with Gasteiger partial charge in [-0.3, -0.25) is 4.98 Å². The Bertz CT molecular complexity index is 352. The molecule has 0 spiro atoms. The summed E-state index contributed by atoms with van der Waals surface area (Å²) in [5.74, 6) is -0.583. The van der Waals surface area contributed by atoms with E-state index >= 15 is 0 Å². The molecule has 2 nitrogen and oxygen atoms in total. The summed E-state index contributed by atoms with van der Waals surface area (Å²) < 4.78 is 49.8. The molecule has 0 aliphatic heterocycles. The summed E-state index contributed by atoms with van der Waals surface area (Å²) in [4.78, 5) is 3.57. The van der Waals surface area contributed by atoms with Crippen LogP contribution in [-0.2, 0) is 0 Å². The van der Waals surface area contributed by atoms with Crippen molar-refractivity contribution in [2.75, 3.05) is 6.54 Å². The number of hydrogen-bond donors (Lipinski definition) is 1. The van der Waals surface area contributed by atoms with Crippen LogP contribution in [-0.4, -0.2) is 17.7 Å². The molecular weight excluding hydrogens is 236 g/mol. The van der Waals surface area contributed by atoms with Crippen molar-refractivity contribution in [3.8, 4) is 0 Å². The summed E-state index contributed by atoms with van der Waals surface area (Å²) in [5, 5.41) is 2.84. The van der Waals surface area contributed by atoms with Gasteiger partial charge in [-0.1, -0.05) is 6.92 Å². The van der Waals surface area contributed by atoms with Crippen LogP contribution in [0.25, 0.3) is 0 Å². The number of pyridine rings is 1. The minimum absolute atomic E-state index is 0.182. The van der Waals surface area contributed by atoms with Crippen LogP contribution >= 0.6 is 0 Å². The summed E-state index contributed by atoms with van der Waals surface area (Å²) in [6.07, 6.45) is -2.97. The number of nitrogens with one attached hydrogen (secondary N) is 1. The van der Waals surface area contributed by atoms with Crippen molar-refractivity contribution < 1.29 is 17.6 Å². The maximum Gasteiger partial charge on any atom is 0.389 e. The molecule has 1 N–H and O–H groups in total. The molecule has 0 fully saturated rings. The third kappa shape index (κ3) is 4.68. The highest BCUT2D eigenvalue weighted by Crippen LogP contribution is 2.28. The summed E-state index contributed by atoms with van der Waals surface area (Å²) in [6.45, 7) is 2.24. The average Bonchev–Trinajstić information content (AvgIpc) is 2.24. The largest absolute Gasteiger partial charge is 0.389 e. The van der Waals surface area contributed by atoms with E-state index in [9.17, 15) is 17.6 Å². The van der Waals surface area contributed by atoms with Crippen LogP contribution in [0.2, 0.25) is 0 Å². The van der Waals surface area contributed by atoms with Crippen molar-refractivity contribution in [1.82, 2.24) is 10.3 Å². The van der Waals surface area contributed by atoms with Gasteiger partial charge in [-0.15, -0.1) is 0 Å². The second kappa shape index (κ2) is 5.95. The van der Waals surface area contributed by atoms with Crippen molar-refractivity contribution in [1.29, 1.82) is 0 Å². The SMILES string of the molecule is CCNC(CCC(F)(F)F)c1ccncc1F. The highest BCUT2D eigenvalue weighted by Gasteiger charge is 2.29. The lowest BCUT2D eigenvalue weighted by molar-refractivity contribution is -0.136. The standard InChI is InChI=1S/C11H14F4N2/c1-2-17-10(3-5-11(13,14)15)8-4-6-16-7-9(8)12/h4,6-7,10,17H,2-3,5H2,1H3. The van der Waals surface area contributed by atoms with Crippen LogP contribution in [0.4, 0.5) is 17.6 Å². The lowest BCUT2D eigenvalue weighted by atomic mass is 10.0. The van der Waals surface area contributed by atoms with E-state index in [0.717, 1.165) is 6.20 Å². The van der Waals surface area contributed by atoms with Gasteiger partial charge < -0.3 is 5.32 Å². The summed E-state index contributed by atoms with van der Waals surface area (Å²) >= 11 is 0. The molecule has 6 heteroatoms. The van der Waals surface area contributed by atoms with E-state index in [4.69, 9.17) is 0 Å². The number of alkyl halides is 3. The van der Waals surface area contributed by atoms with Crippen LogP contribution in [0.3, 0.4) is 0 Å². The van der Waals surface area contributed by atoms with Crippen LogP contribution in [0.15, 0.2) is 18.5 Å². The van der Waals surface area contributed by atoms with Crippen molar-refractivity contribution in [2.24, 2.45) is 0 Å². The van der Waals surface area contributed by atoms with Crippen molar-refractivity contribution >= 4 is 0 Å². The smallest absolute Gasteiger partial charge is 0.310 e. The summed E-state index contributed by atoms with van der Waals surface area (Å²) in [7, 11) is 0. The molecule has 0 amide bonds. The zero-order valence-electron chi connectivity index (χ0n) is 9.39. The molecule has 0 saturated carbocycles. The lowest BCUT2D eigenvalue weighted by Crippen LogP contribution is -2.24. The zero-order chi connectivity index (χ0) is 12.9. The number of rotatable bonds is 5. The minimum atomic E-state index is -4.23. The highest BCUT2D eigenvalue weighted by molar-refractivity contribution is 5.17. The third-order valence-corrected chi connectivity index (χ3v) is 2.35. The van der Waals surface area contributed by atoms with E-state index in [-0.39, 0.29) is 12.0 Å². The molecule has 1 aromatic heterocycles. The van der Waals surface area contributed by atoms with Crippen molar-refractivity contribution in [2.45, 2.75) is 32.0 Å². The molecular formula is C11H14F4N2. The van der Waals surface area contributed by atoms with Gasteiger partial charge in [0.1, 0.15) is 5.82 Å². The van der Waals surface area contributed by atoms with Crippen LogP contribution in [0, 0.1) is 5.82 Å². The fraction of sp³-hybridized carbons (Fsp3) is 0.545. The number of halogens is 4. The molecule has 1 atom stereocenters. The van der Waals surface area contributed by atoms with E-state index in [2.05, 4.69) is 10.3 Å². The second-order valence-corrected chi connectivity index (χ2v) is 3.66. The Kier molecular flexibility index (Phi) is 4.86. The molecule has 0 aromatic carbocycles. The predicted molar refractivity (Wildman–Crippen MR) is 55.9 cm³/mol. The Hall–Kier alpha value is -1.17. The molecule has 1 unspecified atom stereocenters. The molecule has 1 rings (SSSR count). The quantitative estimate of drug-likeness (QED) is 0.812. The Morgan fingerprint density at radius 3 is 2.65 bits per heavy atom. The van der Waals surface area contributed by atoms with Gasteiger partial charge in [-0.2, -0.15) is 13.2 Å². The van der Waals surface area contributed by atoms with Gasteiger partial charge in [0.25, 0.3) is 0 Å². The highest BCUT2D eigenvalue weighted by atomic mass is 19.4. The first-order valence-electron chi connectivity index (χ1n) is 5.33. The van der Waals surface area contributed by atoms with E-state index in [1.54, 1.807) is 6.92 Å². The first-order valence-corrected chi connectivity index (χ1v) is 5.33. The molecule has 0 aliphatic rings. The topological polar surface area (TPSA) is 24.9 Å². The summed E-state index contributed by atoms with van der Waals surface area (Å²) in [6, 6.07) is 0.767. The normalized spacial score (nSPS) is 13.7. The molecule has 0 saturated heterocycles. The minimum Gasteiger partial charge on any atom is -0.310 e. The van der Waals surface area contributed by atoms with Crippen molar-refractivity contribution in [3.63, 3.8) is 0 Å². The summed E-state index contributed by atoms with van der Waals surface area (Å²) in [5.41, 5.74) is 0.228. The van der Waals surface area contributed by atoms with Crippen LogP contribution in [0.1, 0.15) is 31.4 Å². The number of nitrogens with zero attached hydrogens (tertiary/aromatic N) is 1. The van der Waals surface area contributed by atoms with E-state index < -0.39 is 24.5 Å². The average molecular weight is 250 g/mol. The fourth-order valence-corrected chi connectivity index (χ4v) is 1.59. The lowest BCUT2D eigenvalue weighted by Gasteiger charge is -2.19. The number of aromatic nitrogens is 1. The number of hydrogen-bond acceptors (Lipinski definition) is 2. The molecule has 1 aromatic rings. The van der Waals surface area contributed by atoms with Gasteiger partial charge in [0.2, 0.25) is 0 Å². The second-order valence-electron chi connectivity index (χ2n) is 3.66. The first-order chi connectivity index (χ1) is 7.94. The van der Waals surface area contributed by atoms with Gasteiger partial charge in [0, 0.05) is 24.2 Å². The monoisotopic (exact) mass is 250 g/mol.